The number of amides is 1. The van der Waals surface area contributed by atoms with Gasteiger partial charge in [-0.3, -0.25) is 4.79 Å². The first-order valence-corrected chi connectivity index (χ1v) is 6.79. The molecule has 1 aliphatic rings. The van der Waals surface area contributed by atoms with Crippen LogP contribution in [-0.2, 0) is 10.2 Å². The SMILES string of the molecule is O=C(N(CCO)CCO)C1(c2ccc(Cl)cc2)CC1. The second-order valence-corrected chi connectivity index (χ2v) is 5.26. The van der Waals surface area contributed by atoms with E-state index in [2.05, 4.69) is 0 Å². The zero-order valence-corrected chi connectivity index (χ0v) is 11.4. The molecule has 0 spiro atoms. The van der Waals surface area contributed by atoms with Crippen molar-refractivity contribution >= 4 is 17.5 Å². The molecular weight excluding hydrogens is 266 g/mol. The molecule has 0 bridgehead atoms. The van der Waals surface area contributed by atoms with Gasteiger partial charge in [-0.25, -0.2) is 0 Å². The second kappa shape index (κ2) is 5.90. The van der Waals surface area contributed by atoms with Gasteiger partial charge in [-0.05, 0) is 30.5 Å². The van der Waals surface area contributed by atoms with Crippen LogP contribution in [0.3, 0.4) is 0 Å². The van der Waals surface area contributed by atoms with E-state index in [0.717, 1.165) is 18.4 Å². The van der Waals surface area contributed by atoms with Crippen molar-refractivity contribution in [2.24, 2.45) is 0 Å². The molecule has 1 amide bonds. The highest BCUT2D eigenvalue weighted by molar-refractivity contribution is 6.30. The molecule has 2 N–H and O–H groups in total. The molecule has 1 aromatic carbocycles. The number of hydrogen-bond acceptors (Lipinski definition) is 3. The highest BCUT2D eigenvalue weighted by Crippen LogP contribution is 2.49. The van der Waals surface area contributed by atoms with Crippen molar-refractivity contribution in [2.75, 3.05) is 26.3 Å². The van der Waals surface area contributed by atoms with Crippen LogP contribution in [0, 0.1) is 0 Å². The number of benzene rings is 1. The van der Waals surface area contributed by atoms with Crippen LogP contribution in [-0.4, -0.2) is 47.3 Å². The molecule has 0 atom stereocenters. The lowest BCUT2D eigenvalue weighted by Gasteiger charge is -2.26. The maximum absolute atomic E-state index is 12.6. The lowest BCUT2D eigenvalue weighted by molar-refractivity contribution is -0.135. The molecule has 1 fully saturated rings. The predicted octanol–water partition coefficient (Wildman–Crippen LogP) is 1.18. The zero-order valence-electron chi connectivity index (χ0n) is 10.7. The van der Waals surface area contributed by atoms with Crippen molar-refractivity contribution in [1.82, 2.24) is 4.90 Å². The zero-order chi connectivity index (χ0) is 13.9. The van der Waals surface area contributed by atoms with Crippen LogP contribution in [0.25, 0.3) is 0 Å². The molecule has 0 aromatic heterocycles. The topological polar surface area (TPSA) is 60.8 Å². The van der Waals surface area contributed by atoms with Crippen molar-refractivity contribution in [3.8, 4) is 0 Å². The van der Waals surface area contributed by atoms with Crippen LogP contribution >= 0.6 is 11.6 Å². The Morgan fingerprint density at radius 2 is 1.68 bits per heavy atom. The van der Waals surface area contributed by atoms with E-state index in [1.807, 2.05) is 12.1 Å². The lowest BCUT2D eigenvalue weighted by atomic mass is 9.94. The van der Waals surface area contributed by atoms with Gasteiger partial charge in [-0.2, -0.15) is 0 Å². The van der Waals surface area contributed by atoms with Crippen molar-refractivity contribution < 1.29 is 15.0 Å². The number of carbonyl (C=O) groups excluding carboxylic acids is 1. The molecule has 2 rings (SSSR count). The highest BCUT2D eigenvalue weighted by atomic mass is 35.5. The average Bonchev–Trinajstić information content (AvgIpc) is 3.20. The van der Waals surface area contributed by atoms with E-state index in [-0.39, 0.29) is 32.2 Å². The van der Waals surface area contributed by atoms with Crippen LogP contribution in [0.5, 0.6) is 0 Å². The molecule has 0 heterocycles. The molecule has 0 unspecified atom stereocenters. The number of rotatable bonds is 6. The van der Waals surface area contributed by atoms with Gasteiger partial charge in [0.15, 0.2) is 0 Å². The molecule has 19 heavy (non-hydrogen) atoms. The number of halogens is 1. The molecule has 104 valence electrons. The summed E-state index contributed by atoms with van der Waals surface area (Å²) in [5.74, 6) is -0.0158. The minimum atomic E-state index is -0.477. The summed E-state index contributed by atoms with van der Waals surface area (Å²) in [6, 6.07) is 7.33. The van der Waals surface area contributed by atoms with Gasteiger partial charge in [0, 0.05) is 18.1 Å². The van der Waals surface area contributed by atoms with Gasteiger partial charge in [-0.15, -0.1) is 0 Å². The van der Waals surface area contributed by atoms with E-state index in [0.29, 0.717) is 5.02 Å². The standard InChI is InChI=1S/C14H18ClNO3/c15-12-3-1-11(2-4-12)14(5-6-14)13(19)16(7-9-17)8-10-18/h1-4,17-18H,5-10H2. The van der Waals surface area contributed by atoms with E-state index < -0.39 is 5.41 Å². The van der Waals surface area contributed by atoms with Crippen LogP contribution in [0.2, 0.25) is 5.02 Å². The Balaban J connectivity index is 2.19. The summed E-state index contributed by atoms with van der Waals surface area (Å²) < 4.78 is 0. The summed E-state index contributed by atoms with van der Waals surface area (Å²) in [7, 11) is 0. The van der Waals surface area contributed by atoms with Crippen molar-refractivity contribution in [3.05, 3.63) is 34.9 Å². The Hall–Kier alpha value is -1.10. The van der Waals surface area contributed by atoms with Crippen LogP contribution < -0.4 is 0 Å². The fraction of sp³-hybridized carbons (Fsp3) is 0.500. The Morgan fingerprint density at radius 3 is 2.11 bits per heavy atom. The second-order valence-electron chi connectivity index (χ2n) is 4.83. The summed E-state index contributed by atoms with van der Waals surface area (Å²) in [4.78, 5) is 14.1. The van der Waals surface area contributed by atoms with E-state index >= 15 is 0 Å². The number of nitrogens with zero attached hydrogens (tertiary/aromatic N) is 1. The molecular formula is C14H18ClNO3. The first-order valence-electron chi connectivity index (χ1n) is 6.41. The Morgan fingerprint density at radius 1 is 1.16 bits per heavy atom. The summed E-state index contributed by atoms with van der Waals surface area (Å²) >= 11 is 5.86. The molecule has 4 nitrogen and oxygen atoms in total. The van der Waals surface area contributed by atoms with E-state index in [9.17, 15) is 4.79 Å². The van der Waals surface area contributed by atoms with Gasteiger partial charge in [0.1, 0.15) is 0 Å². The molecule has 0 aliphatic heterocycles. The highest BCUT2D eigenvalue weighted by Gasteiger charge is 2.52. The number of aliphatic hydroxyl groups is 2. The molecule has 1 saturated carbocycles. The molecule has 0 saturated heterocycles. The van der Waals surface area contributed by atoms with E-state index in [1.165, 1.54) is 4.90 Å². The largest absolute Gasteiger partial charge is 0.395 e. The molecule has 5 heteroatoms. The van der Waals surface area contributed by atoms with Crippen molar-refractivity contribution in [2.45, 2.75) is 18.3 Å². The monoisotopic (exact) mass is 283 g/mol. The molecule has 0 radical (unpaired) electrons. The normalized spacial score (nSPS) is 16.2. The van der Waals surface area contributed by atoms with Gasteiger partial charge in [0.25, 0.3) is 0 Å². The smallest absolute Gasteiger partial charge is 0.233 e. The first-order chi connectivity index (χ1) is 9.14. The summed E-state index contributed by atoms with van der Waals surface area (Å²) in [6.07, 6.45) is 1.61. The third-order valence-electron chi connectivity index (χ3n) is 3.58. The van der Waals surface area contributed by atoms with Crippen molar-refractivity contribution in [3.63, 3.8) is 0 Å². The average molecular weight is 284 g/mol. The van der Waals surface area contributed by atoms with E-state index in [1.54, 1.807) is 12.1 Å². The Bertz CT molecular complexity index is 437. The van der Waals surface area contributed by atoms with Gasteiger partial charge in [0.2, 0.25) is 5.91 Å². The predicted molar refractivity (Wildman–Crippen MR) is 73.1 cm³/mol. The first kappa shape index (κ1) is 14.3. The quantitative estimate of drug-likeness (QED) is 0.824. The fourth-order valence-electron chi connectivity index (χ4n) is 2.38. The minimum Gasteiger partial charge on any atom is -0.395 e. The maximum atomic E-state index is 12.6. The molecule has 1 aliphatic carbocycles. The summed E-state index contributed by atoms with van der Waals surface area (Å²) in [5, 5.41) is 18.7. The summed E-state index contributed by atoms with van der Waals surface area (Å²) in [5.41, 5.74) is 0.484. The third kappa shape index (κ3) is 2.91. The van der Waals surface area contributed by atoms with Gasteiger partial charge >= 0.3 is 0 Å². The Labute approximate surface area is 117 Å². The number of aliphatic hydroxyl groups excluding tert-OH is 2. The maximum Gasteiger partial charge on any atom is 0.233 e. The van der Waals surface area contributed by atoms with Crippen LogP contribution in [0.4, 0.5) is 0 Å². The fourth-order valence-corrected chi connectivity index (χ4v) is 2.50. The van der Waals surface area contributed by atoms with Gasteiger partial charge in [-0.1, -0.05) is 23.7 Å². The van der Waals surface area contributed by atoms with Crippen LogP contribution in [0.15, 0.2) is 24.3 Å². The van der Waals surface area contributed by atoms with Crippen LogP contribution in [0.1, 0.15) is 18.4 Å². The van der Waals surface area contributed by atoms with Gasteiger partial charge < -0.3 is 15.1 Å². The lowest BCUT2D eigenvalue weighted by Crippen LogP contribution is -2.42. The number of hydrogen-bond donors (Lipinski definition) is 2. The van der Waals surface area contributed by atoms with Crippen molar-refractivity contribution in [1.29, 1.82) is 0 Å². The summed E-state index contributed by atoms with van der Waals surface area (Å²) in [6.45, 7) is 0.328. The minimum absolute atomic E-state index is 0.0158. The number of carbonyl (C=O) groups is 1. The van der Waals surface area contributed by atoms with Gasteiger partial charge in [0.05, 0.1) is 18.6 Å². The third-order valence-corrected chi connectivity index (χ3v) is 3.84. The molecule has 1 aromatic rings. The van der Waals surface area contributed by atoms with E-state index in [4.69, 9.17) is 21.8 Å². The Kier molecular flexibility index (Phi) is 4.45.